The molecule has 0 saturated carbocycles. The van der Waals surface area contributed by atoms with E-state index in [0.717, 1.165) is 49.7 Å². The summed E-state index contributed by atoms with van der Waals surface area (Å²) in [6.45, 7) is 9.19. The molecule has 5 nitrogen and oxygen atoms in total. The molecule has 1 aliphatic rings. The van der Waals surface area contributed by atoms with Gasteiger partial charge >= 0.3 is 0 Å². The number of aliphatic hydroxyl groups is 1. The van der Waals surface area contributed by atoms with Crippen molar-refractivity contribution in [3.8, 4) is 5.75 Å². The molecule has 1 aromatic carbocycles. The molecule has 1 aromatic rings. The van der Waals surface area contributed by atoms with E-state index in [2.05, 4.69) is 20.4 Å². The van der Waals surface area contributed by atoms with Crippen LogP contribution in [0.2, 0.25) is 0 Å². The van der Waals surface area contributed by atoms with Crippen LogP contribution in [0.3, 0.4) is 0 Å². The standard InChI is InChI=1S/C21H32O5/c1-4-6-12-21(13-7-5-2)24-16-20(25-26-21)17(3)18-8-10-19(11-9-18)23-15-14-22/h8-11,20,22H,3-7,12-16H2,1-2H3. The van der Waals surface area contributed by atoms with Crippen LogP contribution < -0.4 is 4.74 Å². The fourth-order valence-electron chi connectivity index (χ4n) is 2.94. The molecule has 0 aliphatic carbocycles. The molecule has 0 amide bonds. The van der Waals surface area contributed by atoms with Gasteiger partial charge in [0.1, 0.15) is 18.5 Å². The maximum atomic E-state index is 8.81. The maximum Gasteiger partial charge on any atom is 0.201 e. The van der Waals surface area contributed by atoms with Crippen molar-refractivity contribution < 1.29 is 24.4 Å². The zero-order valence-corrected chi connectivity index (χ0v) is 16.0. The van der Waals surface area contributed by atoms with Crippen molar-refractivity contribution in [2.45, 2.75) is 64.3 Å². The van der Waals surface area contributed by atoms with Crippen molar-refractivity contribution in [2.75, 3.05) is 19.8 Å². The van der Waals surface area contributed by atoms with E-state index < -0.39 is 5.79 Å². The van der Waals surface area contributed by atoms with E-state index in [-0.39, 0.29) is 19.3 Å². The third-order valence-electron chi connectivity index (χ3n) is 4.61. The van der Waals surface area contributed by atoms with Crippen LogP contribution in [0.5, 0.6) is 5.75 Å². The quantitative estimate of drug-likeness (QED) is 0.586. The minimum Gasteiger partial charge on any atom is -0.491 e. The summed E-state index contributed by atoms with van der Waals surface area (Å²) in [5, 5.41) is 8.81. The molecule has 5 heteroatoms. The predicted molar refractivity (Wildman–Crippen MR) is 102 cm³/mol. The van der Waals surface area contributed by atoms with Crippen molar-refractivity contribution in [3.05, 3.63) is 36.4 Å². The topological polar surface area (TPSA) is 57.2 Å². The first-order chi connectivity index (χ1) is 12.6. The third kappa shape index (κ3) is 5.81. The molecule has 0 spiro atoms. The van der Waals surface area contributed by atoms with Gasteiger partial charge in [-0.2, -0.15) is 0 Å². The third-order valence-corrected chi connectivity index (χ3v) is 4.61. The number of ether oxygens (including phenoxy) is 2. The summed E-state index contributed by atoms with van der Waals surface area (Å²) in [5.41, 5.74) is 1.77. The molecule has 1 heterocycles. The predicted octanol–water partition coefficient (Wildman–Crippen LogP) is 4.49. The largest absolute Gasteiger partial charge is 0.491 e. The van der Waals surface area contributed by atoms with Gasteiger partial charge in [0.25, 0.3) is 0 Å². The van der Waals surface area contributed by atoms with E-state index in [0.29, 0.717) is 12.4 Å². The second-order valence-corrected chi connectivity index (χ2v) is 6.72. The number of benzene rings is 1. The Morgan fingerprint density at radius 3 is 2.35 bits per heavy atom. The summed E-state index contributed by atoms with van der Waals surface area (Å²) in [4.78, 5) is 11.5. The molecular weight excluding hydrogens is 332 g/mol. The molecule has 26 heavy (non-hydrogen) atoms. The number of unbranched alkanes of at least 4 members (excludes halogenated alkanes) is 2. The Labute approximate surface area is 156 Å². The van der Waals surface area contributed by atoms with Gasteiger partial charge < -0.3 is 14.6 Å². The Hall–Kier alpha value is -1.40. The van der Waals surface area contributed by atoms with Crippen molar-refractivity contribution in [1.29, 1.82) is 0 Å². The molecule has 2 rings (SSSR count). The minimum atomic E-state index is -0.620. The van der Waals surface area contributed by atoms with Gasteiger partial charge in [0, 0.05) is 12.8 Å². The molecule has 0 bridgehead atoms. The fourth-order valence-corrected chi connectivity index (χ4v) is 2.94. The molecule has 1 aliphatic heterocycles. The lowest BCUT2D eigenvalue weighted by molar-refractivity contribution is -0.481. The minimum absolute atomic E-state index is 0.00311. The van der Waals surface area contributed by atoms with E-state index >= 15 is 0 Å². The van der Waals surface area contributed by atoms with Crippen molar-refractivity contribution in [2.24, 2.45) is 0 Å². The summed E-state index contributed by atoms with van der Waals surface area (Å²) in [6.07, 6.45) is 5.67. The van der Waals surface area contributed by atoms with Gasteiger partial charge in [-0.05, 0) is 36.1 Å². The van der Waals surface area contributed by atoms with Gasteiger partial charge in [0.2, 0.25) is 5.79 Å². The molecule has 1 fully saturated rings. The molecule has 1 saturated heterocycles. The van der Waals surface area contributed by atoms with E-state index in [9.17, 15) is 0 Å². The van der Waals surface area contributed by atoms with Gasteiger partial charge in [0.05, 0.1) is 13.2 Å². The van der Waals surface area contributed by atoms with Gasteiger partial charge in [0.15, 0.2) is 0 Å². The van der Waals surface area contributed by atoms with E-state index in [1.165, 1.54) is 0 Å². The smallest absolute Gasteiger partial charge is 0.201 e. The van der Waals surface area contributed by atoms with Crippen LogP contribution >= 0.6 is 0 Å². The van der Waals surface area contributed by atoms with Gasteiger partial charge in [-0.3, -0.25) is 0 Å². The summed E-state index contributed by atoms with van der Waals surface area (Å²) in [7, 11) is 0. The summed E-state index contributed by atoms with van der Waals surface area (Å²) in [6, 6.07) is 7.56. The highest BCUT2D eigenvalue weighted by Crippen LogP contribution is 2.34. The number of rotatable bonds is 11. The fraction of sp³-hybridized carbons (Fsp3) is 0.619. The van der Waals surface area contributed by atoms with Gasteiger partial charge in [-0.1, -0.05) is 45.4 Å². The van der Waals surface area contributed by atoms with Crippen LogP contribution in [0.15, 0.2) is 30.8 Å². The SMILES string of the molecule is C=C(c1ccc(OCCO)cc1)C1COC(CCCC)(CCCC)OO1. The number of aliphatic hydroxyl groups excluding tert-OH is 1. The first-order valence-corrected chi connectivity index (χ1v) is 9.65. The molecule has 0 aromatic heterocycles. The van der Waals surface area contributed by atoms with Gasteiger partial charge in [-0.25, -0.2) is 9.78 Å². The Morgan fingerprint density at radius 2 is 1.85 bits per heavy atom. The van der Waals surface area contributed by atoms with Crippen molar-refractivity contribution in [1.82, 2.24) is 0 Å². The lowest BCUT2D eigenvalue weighted by Gasteiger charge is -2.39. The first kappa shape index (κ1) is 20.9. The maximum absolute atomic E-state index is 8.81. The van der Waals surface area contributed by atoms with Crippen LogP contribution in [0, 0.1) is 0 Å². The molecule has 1 atom stereocenters. The second kappa shape index (κ2) is 10.7. The Morgan fingerprint density at radius 1 is 1.19 bits per heavy atom. The van der Waals surface area contributed by atoms with Gasteiger partial charge in [-0.15, -0.1) is 0 Å². The van der Waals surface area contributed by atoms with Crippen molar-refractivity contribution in [3.63, 3.8) is 0 Å². The Kier molecular flexibility index (Phi) is 8.59. The molecular formula is C21H32O5. The van der Waals surface area contributed by atoms with E-state index in [1.807, 2.05) is 24.3 Å². The first-order valence-electron chi connectivity index (χ1n) is 9.65. The summed E-state index contributed by atoms with van der Waals surface area (Å²) in [5.74, 6) is 0.0935. The highest BCUT2D eigenvalue weighted by Gasteiger charge is 2.39. The highest BCUT2D eigenvalue weighted by atomic mass is 17.2. The average Bonchev–Trinajstić information content (AvgIpc) is 2.69. The van der Waals surface area contributed by atoms with Crippen LogP contribution in [0.25, 0.3) is 5.57 Å². The number of hydrogen-bond donors (Lipinski definition) is 1. The lowest BCUT2D eigenvalue weighted by Crippen LogP contribution is -2.45. The average molecular weight is 364 g/mol. The monoisotopic (exact) mass is 364 g/mol. The Balaban J connectivity index is 1.93. The highest BCUT2D eigenvalue weighted by molar-refractivity contribution is 5.67. The van der Waals surface area contributed by atoms with E-state index in [4.69, 9.17) is 24.4 Å². The number of hydrogen-bond acceptors (Lipinski definition) is 5. The normalized spacial score (nSPS) is 19.3. The van der Waals surface area contributed by atoms with Crippen LogP contribution in [-0.2, 0) is 14.5 Å². The van der Waals surface area contributed by atoms with Crippen molar-refractivity contribution >= 4 is 5.57 Å². The van der Waals surface area contributed by atoms with E-state index in [1.54, 1.807) is 0 Å². The lowest BCUT2D eigenvalue weighted by atomic mass is 10.00. The zero-order chi connectivity index (χ0) is 18.8. The van der Waals surface area contributed by atoms with Crippen LogP contribution in [0.4, 0.5) is 0 Å². The van der Waals surface area contributed by atoms with Crippen LogP contribution in [-0.4, -0.2) is 36.8 Å². The molecule has 146 valence electrons. The summed E-state index contributed by atoms with van der Waals surface area (Å²) < 4.78 is 11.5. The molecule has 1 unspecified atom stereocenters. The van der Waals surface area contributed by atoms with Crippen LogP contribution in [0.1, 0.15) is 57.9 Å². The molecule has 0 radical (unpaired) electrons. The molecule has 1 N–H and O–H groups in total. The zero-order valence-electron chi connectivity index (χ0n) is 16.0. The summed E-state index contributed by atoms with van der Waals surface area (Å²) >= 11 is 0. The second-order valence-electron chi connectivity index (χ2n) is 6.72. The Bertz CT molecular complexity index is 522.